The number of hydrogen-bond acceptors (Lipinski definition) is 2. The predicted octanol–water partition coefficient (Wildman–Crippen LogP) is 1.59. The van der Waals surface area contributed by atoms with Crippen LogP contribution >= 0.6 is 0 Å². The van der Waals surface area contributed by atoms with Crippen molar-refractivity contribution >= 4 is 5.78 Å². The Bertz CT molecular complexity index is 194. The van der Waals surface area contributed by atoms with Gasteiger partial charge in [-0.25, -0.2) is 0 Å². The highest BCUT2D eigenvalue weighted by atomic mass is 16.1. The predicted molar refractivity (Wildman–Crippen MR) is 48.1 cm³/mol. The van der Waals surface area contributed by atoms with Gasteiger partial charge >= 0.3 is 0 Å². The minimum atomic E-state index is 0.287. The summed E-state index contributed by atoms with van der Waals surface area (Å²) in [6.45, 7) is 0.985. The number of ketones is 1. The van der Waals surface area contributed by atoms with E-state index < -0.39 is 0 Å². The van der Waals surface area contributed by atoms with Gasteiger partial charge in [0.25, 0.3) is 0 Å². The fraction of sp³-hybridized carbons (Fsp3) is 0.900. The van der Waals surface area contributed by atoms with Crippen molar-refractivity contribution in [1.82, 2.24) is 4.90 Å². The third kappa shape index (κ3) is 1.18. The average Bonchev–Trinajstić information content (AvgIpc) is 2.48. The molecule has 0 N–H and O–H groups in total. The lowest BCUT2D eigenvalue weighted by Gasteiger charge is -2.41. The van der Waals surface area contributed by atoms with E-state index in [2.05, 4.69) is 11.9 Å². The van der Waals surface area contributed by atoms with Crippen molar-refractivity contribution < 1.29 is 4.79 Å². The van der Waals surface area contributed by atoms with Crippen LogP contribution in [0.25, 0.3) is 0 Å². The lowest BCUT2D eigenvalue weighted by molar-refractivity contribution is -0.125. The first-order valence-corrected chi connectivity index (χ1v) is 4.96. The molecular weight excluding hydrogens is 150 g/mol. The van der Waals surface area contributed by atoms with Crippen molar-refractivity contribution in [2.24, 2.45) is 0 Å². The first-order valence-electron chi connectivity index (χ1n) is 4.96. The zero-order chi connectivity index (χ0) is 8.60. The van der Waals surface area contributed by atoms with E-state index in [1.54, 1.807) is 0 Å². The van der Waals surface area contributed by atoms with E-state index in [4.69, 9.17) is 0 Å². The van der Waals surface area contributed by atoms with E-state index in [-0.39, 0.29) is 5.54 Å². The molecule has 1 saturated carbocycles. The molecule has 1 spiro atoms. The van der Waals surface area contributed by atoms with E-state index in [1.165, 1.54) is 25.7 Å². The second-order valence-electron chi connectivity index (χ2n) is 4.32. The van der Waals surface area contributed by atoms with Crippen LogP contribution in [0, 0.1) is 0 Å². The highest BCUT2D eigenvalue weighted by Gasteiger charge is 2.41. The Kier molecular flexibility index (Phi) is 1.95. The molecule has 1 aliphatic heterocycles. The van der Waals surface area contributed by atoms with Gasteiger partial charge in [-0.15, -0.1) is 0 Å². The fourth-order valence-corrected chi connectivity index (χ4v) is 2.71. The Morgan fingerprint density at radius 1 is 1.33 bits per heavy atom. The Morgan fingerprint density at radius 2 is 2.00 bits per heavy atom. The van der Waals surface area contributed by atoms with Crippen LogP contribution < -0.4 is 0 Å². The van der Waals surface area contributed by atoms with Gasteiger partial charge in [-0.1, -0.05) is 12.8 Å². The number of rotatable bonds is 0. The fourth-order valence-electron chi connectivity index (χ4n) is 2.71. The van der Waals surface area contributed by atoms with Gasteiger partial charge in [-0.05, 0) is 19.9 Å². The van der Waals surface area contributed by atoms with Gasteiger partial charge in [-0.2, -0.15) is 0 Å². The number of carbonyl (C=O) groups excluding carboxylic acids is 1. The quantitative estimate of drug-likeness (QED) is 0.546. The molecule has 2 nitrogen and oxygen atoms in total. The van der Waals surface area contributed by atoms with Crippen LogP contribution in [0.5, 0.6) is 0 Å². The average molecular weight is 167 g/mol. The van der Waals surface area contributed by atoms with E-state index in [0.29, 0.717) is 5.78 Å². The Hall–Kier alpha value is -0.370. The summed E-state index contributed by atoms with van der Waals surface area (Å²) in [7, 11) is 2.18. The molecular formula is C10H17NO. The van der Waals surface area contributed by atoms with Gasteiger partial charge in [0.05, 0.1) is 0 Å². The van der Waals surface area contributed by atoms with Gasteiger partial charge in [-0.3, -0.25) is 9.69 Å². The van der Waals surface area contributed by atoms with Crippen molar-refractivity contribution in [3.8, 4) is 0 Å². The SMILES string of the molecule is CN1CCC(=O)CC12CCCC2. The number of Topliss-reactive ketones (excluding diaryl/α,β-unsaturated/α-hetero) is 1. The van der Waals surface area contributed by atoms with E-state index >= 15 is 0 Å². The van der Waals surface area contributed by atoms with Crippen LogP contribution in [0.1, 0.15) is 38.5 Å². The molecule has 0 atom stereocenters. The first kappa shape index (κ1) is 8.24. The lowest BCUT2D eigenvalue weighted by atomic mass is 9.85. The molecule has 2 heteroatoms. The number of carbonyl (C=O) groups is 1. The molecule has 0 aromatic heterocycles. The van der Waals surface area contributed by atoms with Crippen LogP contribution in [0.15, 0.2) is 0 Å². The maximum atomic E-state index is 11.3. The topological polar surface area (TPSA) is 20.3 Å². The Balaban J connectivity index is 2.14. The Labute approximate surface area is 73.9 Å². The number of nitrogens with zero attached hydrogens (tertiary/aromatic N) is 1. The molecule has 2 fully saturated rings. The zero-order valence-electron chi connectivity index (χ0n) is 7.81. The third-order valence-electron chi connectivity index (χ3n) is 3.60. The molecule has 2 aliphatic rings. The summed E-state index contributed by atoms with van der Waals surface area (Å²) in [6.07, 6.45) is 6.72. The summed E-state index contributed by atoms with van der Waals surface area (Å²) in [5, 5.41) is 0. The maximum Gasteiger partial charge on any atom is 0.136 e. The summed E-state index contributed by atoms with van der Waals surface area (Å²) >= 11 is 0. The molecule has 0 radical (unpaired) electrons. The van der Waals surface area contributed by atoms with Crippen LogP contribution in [0.3, 0.4) is 0 Å². The summed E-state index contributed by atoms with van der Waals surface area (Å²) in [5.41, 5.74) is 0.287. The normalized spacial score (nSPS) is 29.9. The minimum absolute atomic E-state index is 0.287. The van der Waals surface area contributed by atoms with E-state index in [1.807, 2.05) is 0 Å². The second-order valence-corrected chi connectivity index (χ2v) is 4.32. The monoisotopic (exact) mass is 167 g/mol. The smallest absolute Gasteiger partial charge is 0.136 e. The molecule has 1 saturated heterocycles. The standard InChI is InChI=1S/C10H17NO/c1-11-7-4-9(12)8-10(11)5-2-3-6-10/h2-8H2,1H3. The molecule has 0 bridgehead atoms. The molecule has 12 heavy (non-hydrogen) atoms. The highest BCUT2D eigenvalue weighted by Crippen LogP contribution is 2.39. The number of hydrogen-bond donors (Lipinski definition) is 0. The van der Waals surface area contributed by atoms with E-state index in [0.717, 1.165) is 19.4 Å². The summed E-state index contributed by atoms with van der Waals surface area (Å²) < 4.78 is 0. The summed E-state index contributed by atoms with van der Waals surface area (Å²) in [4.78, 5) is 13.8. The molecule has 1 aliphatic carbocycles. The largest absolute Gasteiger partial charge is 0.300 e. The molecule has 1 heterocycles. The van der Waals surface area contributed by atoms with Gasteiger partial charge in [0.1, 0.15) is 5.78 Å². The summed E-state index contributed by atoms with van der Waals surface area (Å²) in [5.74, 6) is 0.481. The maximum absolute atomic E-state index is 11.3. The van der Waals surface area contributed by atoms with Gasteiger partial charge in [0.15, 0.2) is 0 Å². The van der Waals surface area contributed by atoms with Crippen LogP contribution in [-0.2, 0) is 4.79 Å². The van der Waals surface area contributed by atoms with Crippen molar-refractivity contribution in [2.45, 2.75) is 44.1 Å². The second kappa shape index (κ2) is 2.84. The van der Waals surface area contributed by atoms with E-state index in [9.17, 15) is 4.79 Å². The van der Waals surface area contributed by atoms with Crippen LogP contribution in [0.2, 0.25) is 0 Å². The summed E-state index contributed by atoms with van der Waals surface area (Å²) in [6, 6.07) is 0. The van der Waals surface area contributed by atoms with Gasteiger partial charge < -0.3 is 0 Å². The van der Waals surface area contributed by atoms with Gasteiger partial charge in [0, 0.05) is 24.9 Å². The van der Waals surface area contributed by atoms with Gasteiger partial charge in [0.2, 0.25) is 0 Å². The van der Waals surface area contributed by atoms with Crippen LogP contribution in [-0.4, -0.2) is 29.8 Å². The minimum Gasteiger partial charge on any atom is -0.300 e. The molecule has 0 aromatic carbocycles. The lowest BCUT2D eigenvalue weighted by Crippen LogP contribution is -2.50. The van der Waals surface area contributed by atoms with Crippen molar-refractivity contribution in [3.05, 3.63) is 0 Å². The third-order valence-corrected chi connectivity index (χ3v) is 3.60. The van der Waals surface area contributed by atoms with Crippen molar-refractivity contribution in [1.29, 1.82) is 0 Å². The molecule has 0 amide bonds. The molecule has 0 aromatic rings. The molecule has 68 valence electrons. The number of piperidine rings is 1. The number of likely N-dealkylation sites (tertiary alicyclic amines) is 1. The Morgan fingerprint density at radius 3 is 2.67 bits per heavy atom. The first-order chi connectivity index (χ1) is 5.73. The van der Waals surface area contributed by atoms with Crippen molar-refractivity contribution in [2.75, 3.05) is 13.6 Å². The molecule has 0 unspecified atom stereocenters. The van der Waals surface area contributed by atoms with Crippen LogP contribution in [0.4, 0.5) is 0 Å². The molecule has 2 rings (SSSR count). The van der Waals surface area contributed by atoms with Crippen molar-refractivity contribution in [3.63, 3.8) is 0 Å². The highest BCUT2D eigenvalue weighted by molar-refractivity contribution is 5.80. The zero-order valence-corrected chi connectivity index (χ0v) is 7.81.